The minimum Gasteiger partial charge on any atom is -0.481 e. The SMILES string of the molecule is C=N/N=C(/C)N(CSCC(=O)O)Cc1ccccc1. The summed E-state index contributed by atoms with van der Waals surface area (Å²) >= 11 is 1.33. The van der Waals surface area contributed by atoms with E-state index in [1.165, 1.54) is 11.8 Å². The number of amidine groups is 1. The lowest BCUT2D eigenvalue weighted by atomic mass is 10.2. The summed E-state index contributed by atoms with van der Waals surface area (Å²) in [4.78, 5) is 12.5. The molecule has 1 aromatic carbocycles. The summed E-state index contributed by atoms with van der Waals surface area (Å²) in [5, 5.41) is 16.1. The summed E-state index contributed by atoms with van der Waals surface area (Å²) in [6, 6.07) is 9.93. The highest BCUT2D eigenvalue weighted by Gasteiger charge is 2.09. The van der Waals surface area contributed by atoms with E-state index in [1.54, 1.807) is 0 Å². The molecule has 0 bridgehead atoms. The zero-order valence-electron chi connectivity index (χ0n) is 10.8. The summed E-state index contributed by atoms with van der Waals surface area (Å²) in [5.41, 5.74) is 1.14. The molecule has 102 valence electrons. The molecule has 6 heteroatoms. The van der Waals surface area contributed by atoms with E-state index >= 15 is 0 Å². The third-order valence-corrected chi connectivity index (χ3v) is 3.31. The third-order valence-electron chi connectivity index (χ3n) is 2.36. The number of carboxylic acids is 1. The fourth-order valence-corrected chi connectivity index (χ4v) is 2.23. The molecule has 1 N–H and O–H groups in total. The van der Waals surface area contributed by atoms with Crippen LogP contribution in [0.4, 0.5) is 0 Å². The fourth-order valence-electron chi connectivity index (χ4n) is 1.47. The number of benzene rings is 1. The Bertz CT molecular complexity index is 448. The molecule has 0 amide bonds. The van der Waals surface area contributed by atoms with Crippen LogP contribution in [0.25, 0.3) is 0 Å². The van der Waals surface area contributed by atoms with E-state index in [1.807, 2.05) is 42.2 Å². The van der Waals surface area contributed by atoms with Crippen molar-refractivity contribution in [1.29, 1.82) is 0 Å². The van der Waals surface area contributed by atoms with Crippen LogP contribution in [0.15, 0.2) is 40.5 Å². The predicted molar refractivity (Wildman–Crippen MR) is 79.6 cm³/mol. The van der Waals surface area contributed by atoms with Crippen LogP contribution >= 0.6 is 11.8 Å². The first-order chi connectivity index (χ1) is 9.13. The molecule has 5 nitrogen and oxygen atoms in total. The lowest BCUT2D eigenvalue weighted by Crippen LogP contribution is -2.28. The van der Waals surface area contributed by atoms with Gasteiger partial charge in [-0.05, 0) is 12.5 Å². The lowest BCUT2D eigenvalue weighted by Gasteiger charge is -2.23. The van der Waals surface area contributed by atoms with Crippen LogP contribution in [0.2, 0.25) is 0 Å². The van der Waals surface area contributed by atoms with Crippen molar-refractivity contribution in [2.75, 3.05) is 11.6 Å². The number of hydrogen-bond acceptors (Lipinski definition) is 4. The largest absolute Gasteiger partial charge is 0.481 e. The van der Waals surface area contributed by atoms with E-state index in [0.717, 1.165) is 11.4 Å². The second-order valence-electron chi connectivity index (χ2n) is 3.84. The highest BCUT2D eigenvalue weighted by molar-refractivity contribution is 7.99. The van der Waals surface area contributed by atoms with Gasteiger partial charge in [-0.25, -0.2) is 0 Å². The van der Waals surface area contributed by atoms with Gasteiger partial charge in [-0.2, -0.15) is 5.10 Å². The Balaban J connectivity index is 2.66. The molecule has 0 spiro atoms. The number of rotatable bonds is 7. The molecule has 0 radical (unpaired) electrons. The molecule has 19 heavy (non-hydrogen) atoms. The van der Waals surface area contributed by atoms with E-state index in [2.05, 4.69) is 16.9 Å². The van der Waals surface area contributed by atoms with Crippen molar-refractivity contribution in [3.63, 3.8) is 0 Å². The van der Waals surface area contributed by atoms with Gasteiger partial charge >= 0.3 is 5.97 Å². The Kier molecular flexibility index (Phi) is 6.67. The van der Waals surface area contributed by atoms with E-state index in [0.29, 0.717) is 12.4 Å². The van der Waals surface area contributed by atoms with Gasteiger partial charge in [0.25, 0.3) is 0 Å². The van der Waals surface area contributed by atoms with E-state index < -0.39 is 5.97 Å². The minimum atomic E-state index is -0.818. The second kappa shape index (κ2) is 8.31. The maximum atomic E-state index is 10.5. The van der Waals surface area contributed by atoms with Gasteiger partial charge in [-0.15, -0.1) is 16.9 Å². The first-order valence-electron chi connectivity index (χ1n) is 5.72. The van der Waals surface area contributed by atoms with Gasteiger partial charge in [0.05, 0.1) is 11.6 Å². The molecule has 0 aromatic heterocycles. The minimum absolute atomic E-state index is 0.0695. The Morgan fingerprint density at radius 2 is 2.11 bits per heavy atom. The maximum absolute atomic E-state index is 10.5. The van der Waals surface area contributed by atoms with E-state index in [9.17, 15) is 4.79 Å². The van der Waals surface area contributed by atoms with Crippen molar-refractivity contribution >= 4 is 30.3 Å². The predicted octanol–water partition coefficient (Wildman–Crippen LogP) is 2.30. The van der Waals surface area contributed by atoms with Crippen molar-refractivity contribution in [2.45, 2.75) is 13.5 Å². The van der Waals surface area contributed by atoms with Gasteiger partial charge in [0, 0.05) is 13.3 Å². The Morgan fingerprint density at radius 3 is 2.68 bits per heavy atom. The van der Waals surface area contributed by atoms with Gasteiger partial charge in [0.2, 0.25) is 0 Å². The van der Waals surface area contributed by atoms with Crippen LogP contribution in [0, 0.1) is 0 Å². The van der Waals surface area contributed by atoms with Crippen molar-refractivity contribution in [3.8, 4) is 0 Å². The molecule has 0 heterocycles. The summed E-state index contributed by atoms with van der Waals surface area (Å²) < 4.78 is 0. The Hall–Kier alpha value is -1.82. The summed E-state index contributed by atoms with van der Waals surface area (Å²) in [5.74, 6) is 0.518. The monoisotopic (exact) mass is 279 g/mol. The first kappa shape index (κ1) is 15.2. The van der Waals surface area contributed by atoms with E-state index in [-0.39, 0.29) is 5.75 Å². The van der Waals surface area contributed by atoms with Crippen LogP contribution in [0.3, 0.4) is 0 Å². The molecule has 1 aromatic rings. The molecule has 0 unspecified atom stereocenters. The van der Waals surface area contributed by atoms with Crippen molar-refractivity contribution in [2.24, 2.45) is 10.2 Å². The van der Waals surface area contributed by atoms with Crippen molar-refractivity contribution in [1.82, 2.24) is 4.90 Å². The normalized spacial score (nSPS) is 11.1. The zero-order valence-corrected chi connectivity index (χ0v) is 11.6. The van der Waals surface area contributed by atoms with Crippen molar-refractivity contribution < 1.29 is 9.90 Å². The smallest absolute Gasteiger partial charge is 0.313 e. The molecule has 0 saturated carbocycles. The lowest BCUT2D eigenvalue weighted by molar-refractivity contribution is -0.133. The van der Waals surface area contributed by atoms with Gasteiger partial charge in [-0.1, -0.05) is 30.3 Å². The summed E-state index contributed by atoms with van der Waals surface area (Å²) in [7, 11) is 0. The number of carbonyl (C=O) groups is 1. The topological polar surface area (TPSA) is 65.3 Å². The maximum Gasteiger partial charge on any atom is 0.313 e. The average Bonchev–Trinajstić information content (AvgIpc) is 2.38. The summed E-state index contributed by atoms with van der Waals surface area (Å²) in [6.45, 7) is 5.83. The zero-order chi connectivity index (χ0) is 14.1. The molecule has 0 saturated heterocycles. The van der Waals surface area contributed by atoms with Crippen molar-refractivity contribution in [3.05, 3.63) is 35.9 Å². The van der Waals surface area contributed by atoms with E-state index in [4.69, 9.17) is 5.11 Å². The van der Waals surface area contributed by atoms with Gasteiger partial charge in [-0.3, -0.25) is 4.79 Å². The molecular formula is C13H17N3O2S. The third kappa shape index (κ3) is 6.05. The van der Waals surface area contributed by atoms with Crippen LogP contribution in [0.5, 0.6) is 0 Å². The van der Waals surface area contributed by atoms with Gasteiger partial charge in [0.15, 0.2) is 0 Å². The van der Waals surface area contributed by atoms with Crippen LogP contribution < -0.4 is 0 Å². The highest BCUT2D eigenvalue weighted by atomic mass is 32.2. The standard InChI is InChI=1S/C13H17N3O2S/c1-11(15-14-2)16(10-19-9-13(17)18)8-12-6-4-3-5-7-12/h3-7H,2,8-10H2,1H3,(H,17,18)/b15-11-. The number of aliphatic carboxylic acids is 1. The molecule has 0 aliphatic carbocycles. The molecule has 1 rings (SSSR count). The van der Waals surface area contributed by atoms with Gasteiger partial charge < -0.3 is 10.0 Å². The Labute approximate surface area is 117 Å². The Morgan fingerprint density at radius 1 is 1.42 bits per heavy atom. The van der Waals surface area contributed by atoms with Crippen LogP contribution in [-0.4, -0.2) is 40.2 Å². The molecule has 0 aliphatic rings. The number of carboxylic acid groups (broad SMARTS) is 1. The number of hydrogen-bond donors (Lipinski definition) is 1. The highest BCUT2D eigenvalue weighted by Crippen LogP contribution is 2.11. The first-order valence-corrected chi connectivity index (χ1v) is 6.87. The van der Waals surface area contributed by atoms with Gasteiger partial charge in [0.1, 0.15) is 5.84 Å². The number of nitrogens with zero attached hydrogens (tertiary/aromatic N) is 3. The molecular weight excluding hydrogens is 262 g/mol. The number of thioether (sulfide) groups is 1. The average molecular weight is 279 g/mol. The second-order valence-corrected chi connectivity index (χ2v) is 4.80. The summed E-state index contributed by atoms with van der Waals surface area (Å²) in [6.07, 6.45) is 0. The van der Waals surface area contributed by atoms with Crippen LogP contribution in [0.1, 0.15) is 12.5 Å². The van der Waals surface area contributed by atoms with Crippen LogP contribution in [-0.2, 0) is 11.3 Å². The molecule has 0 fully saturated rings. The molecule has 0 aliphatic heterocycles. The quantitative estimate of drug-likeness (QED) is 0.360. The fraction of sp³-hybridized carbons (Fsp3) is 0.308. The molecule has 0 atom stereocenters.